The minimum Gasteiger partial charge on any atom is -0.381 e. The fraction of sp³-hybridized carbons (Fsp3) is 0.909. The Kier molecular flexibility index (Phi) is 2.52. The van der Waals surface area contributed by atoms with Crippen LogP contribution in [0.15, 0.2) is 0 Å². The molecule has 2 atom stereocenters. The summed E-state index contributed by atoms with van der Waals surface area (Å²) in [6, 6.07) is 0. The third kappa shape index (κ3) is 1.78. The predicted molar refractivity (Wildman–Crippen MR) is 53.6 cm³/mol. The molecule has 0 aromatic carbocycles. The van der Waals surface area contributed by atoms with Gasteiger partial charge in [0.05, 0.1) is 0 Å². The number of hydrogen-bond donors (Lipinski definition) is 1. The van der Waals surface area contributed by atoms with Gasteiger partial charge in [0.2, 0.25) is 5.91 Å². The number of rotatable bonds is 3. The standard InChI is InChI=1S/C11H19NO2/c1-8(10(12)13)6-9-7-11(9)2-4-14-5-3-11/h8-9H,2-7H2,1H3,(H2,12,13)/t8?,9-/m1/s1. The zero-order valence-electron chi connectivity index (χ0n) is 8.79. The highest BCUT2D eigenvalue weighted by atomic mass is 16.5. The number of amides is 1. The Morgan fingerprint density at radius 2 is 2.21 bits per heavy atom. The maximum absolute atomic E-state index is 10.9. The van der Waals surface area contributed by atoms with Crippen LogP contribution in [-0.4, -0.2) is 19.1 Å². The predicted octanol–water partition coefficient (Wildman–Crippen LogP) is 1.31. The molecule has 0 aromatic rings. The summed E-state index contributed by atoms with van der Waals surface area (Å²) in [7, 11) is 0. The lowest BCUT2D eigenvalue weighted by molar-refractivity contribution is -0.121. The summed E-state index contributed by atoms with van der Waals surface area (Å²) in [5.41, 5.74) is 5.80. The molecule has 1 aliphatic carbocycles. The Labute approximate surface area is 85.0 Å². The van der Waals surface area contributed by atoms with Crippen molar-refractivity contribution in [3.8, 4) is 0 Å². The van der Waals surface area contributed by atoms with E-state index in [1.54, 1.807) is 0 Å². The van der Waals surface area contributed by atoms with Gasteiger partial charge in [-0.1, -0.05) is 6.92 Å². The molecule has 1 heterocycles. The zero-order valence-corrected chi connectivity index (χ0v) is 8.79. The molecule has 1 amide bonds. The van der Waals surface area contributed by atoms with E-state index >= 15 is 0 Å². The van der Waals surface area contributed by atoms with Crippen molar-refractivity contribution in [3.63, 3.8) is 0 Å². The van der Waals surface area contributed by atoms with Gasteiger partial charge in [0.1, 0.15) is 0 Å². The van der Waals surface area contributed by atoms with Gasteiger partial charge in [-0.05, 0) is 37.0 Å². The van der Waals surface area contributed by atoms with Crippen molar-refractivity contribution in [3.05, 3.63) is 0 Å². The maximum atomic E-state index is 10.9. The second-order valence-electron chi connectivity index (χ2n) is 4.91. The highest BCUT2D eigenvalue weighted by Gasteiger charge is 2.54. The maximum Gasteiger partial charge on any atom is 0.220 e. The van der Waals surface area contributed by atoms with Crippen molar-refractivity contribution in [2.75, 3.05) is 13.2 Å². The van der Waals surface area contributed by atoms with E-state index < -0.39 is 0 Å². The lowest BCUT2D eigenvalue weighted by Crippen LogP contribution is -2.23. The summed E-state index contributed by atoms with van der Waals surface area (Å²) in [5, 5.41) is 0. The van der Waals surface area contributed by atoms with Crippen molar-refractivity contribution >= 4 is 5.91 Å². The molecule has 1 spiro atoms. The average molecular weight is 197 g/mol. The van der Waals surface area contributed by atoms with Gasteiger partial charge in [0.25, 0.3) is 0 Å². The number of ether oxygens (including phenoxy) is 1. The molecule has 0 aromatic heterocycles. The van der Waals surface area contributed by atoms with Crippen LogP contribution in [0.4, 0.5) is 0 Å². The van der Waals surface area contributed by atoms with Crippen molar-refractivity contribution in [1.82, 2.24) is 0 Å². The molecule has 1 saturated carbocycles. The summed E-state index contributed by atoms with van der Waals surface area (Å²) in [5.74, 6) is 0.621. The molecule has 1 unspecified atom stereocenters. The van der Waals surface area contributed by atoms with Crippen LogP contribution in [-0.2, 0) is 9.53 Å². The highest BCUT2D eigenvalue weighted by molar-refractivity contribution is 5.76. The molecule has 0 bridgehead atoms. The van der Waals surface area contributed by atoms with Crippen molar-refractivity contribution in [1.29, 1.82) is 0 Å². The van der Waals surface area contributed by atoms with Gasteiger partial charge >= 0.3 is 0 Å². The Morgan fingerprint density at radius 3 is 2.79 bits per heavy atom. The lowest BCUT2D eigenvalue weighted by Gasteiger charge is -2.23. The Morgan fingerprint density at radius 1 is 1.57 bits per heavy atom. The van der Waals surface area contributed by atoms with Crippen LogP contribution in [0.3, 0.4) is 0 Å². The van der Waals surface area contributed by atoms with Gasteiger partial charge < -0.3 is 10.5 Å². The molecule has 1 aliphatic heterocycles. The molecule has 1 saturated heterocycles. The van der Waals surface area contributed by atoms with Crippen molar-refractivity contribution in [2.45, 2.75) is 32.6 Å². The van der Waals surface area contributed by atoms with Crippen LogP contribution in [0.25, 0.3) is 0 Å². The molecule has 2 aliphatic rings. The number of primary amides is 1. The van der Waals surface area contributed by atoms with E-state index in [4.69, 9.17) is 10.5 Å². The molecule has 80 valence electrons. The van der Waals surface area contributed by atoms with E-state index in [2.05, 4.69) is 0 Å². The largest absolute Gasteiger partial charge is 0.381 e. The first-order chi connectivity index (χ1) is 6.64. The molecule has 14 heavy (non-hydrogen) atoms. The SMILES string of the molecule is CC(C[C@@H]1CC12CCOCC2)C(N)=O. The molecular weight excluding hydrogens is 178 g/mol. The van der Waals surface area contributed by atoms with E-state index in [0.29, 0.717) is 5.41 Å². The highest BCUT2D eigenvalue weighted by Crippen LogP contribution is 2.61. The molecule has 2 rings (SSSR count). The first-order valence-electron chi connectivity index (χ1n) is 5.51. The molecular formula is C11H19NO2. The van der Waals surface area contributed by atoms with Gasteiger partial charge in [0.15, 0.2) is 0 Å². The van der Waals surface area contributed by atoms with E-state index in [0.717, 1.165) is 25.6 Å². The van der Waals surface area contributed by atoms with Gasteiger partial charge in [0, 0.05) is 19.1 Å². The van der Waals surface area contributed by atoms with Gasteiger partial charge in [-0.2, -0.15) is 0 Å². The number of carbonyl (C=O) groups is 1. The summed E-state index contributed by atoms with van der Waals surface area (Å²) in [6.45, 7) is 3.75. The molecule has 3 heteroatoms. The van der Waals surface area contributed by atoms with Crippen LogP contribution in [0, 0.1) is 17.3 Å². The second-order valence-corrected chi connectivity index (χ2v) is 4.91. The minimum atomic E-state index is -0.154. The normalized spacial score (nSPS) is 31.4. The van der Waals surface area contributed by atoms with Gasteiger partial charge in [-0.25, -0.2) is 0 Å². The van der Waals surface area contributed by atoms with Crippen LogP contribution >= 0.6 is 0 Å². The Balaban J connectivity index is 1.82. The monoisotopic (exact) mass is 197 g/mol. The molecule has 2 N–H and O–H groups in total. The third-order valence-electron chi connectivity index (χ3n) is 3.97. The van der Waals surface area contributed by atoms with E-state index in [1.165, 1.54) is 19.3 Å². The van der Waals surface area contributed by atoms with E-state index in [-0.39, 0.29) is 11.8 Å². The summed E-state index contributed by atoms with van der Waals surface area (Å²) < 4.78 is 5.35. The fourth-order valence-electron chi connectivity index (χ4n) is 2.70. The van der Waals surface area contributed by atoms with Gasteiger partial charge in [-0.15, -0.1) is 0 Å². The average Bonchev–Trinajstić information content (AvgIpc) is 2.79. The summed E-state index contributed by atoms with van der Waals surface area (Å²) >= 11 is 0. The van der Waals surface area contributed by atoms with Crippen molar-refractivity contribution in [2.24, 2.45) is 23.0 Å². The molecule has 3 nitrogen and oxygen atoms in total. The number of nitrogens with two attached hydrogens (primary N) is 1. The van der Waals surface area contributed by atoms with Crippen LogP contribution in [0.1, 0.15) is 32.6 Å². The number of hydrogen-bond acceptors (Lipinski definition) is 2. The van der Waals surface area contributed by atoms with Crippen LogP contribution in [0.2, 0.25) is 0 Å². The first-order valence-corrected chi connectivity index (χ1v) is 5.51. The van der Waals surface area contributed by atoms with E-state index in [9.17, 15) is 4.79 Å². The molecule has 2 fully saturated rings. The minimum absolute atomic E-state index is 0.0437. The Hall–Kier alpha value is -0.570. The first kappa shape index (κ1) is 9.97. The molecule has 0 radical (unpaired) electrons. The second kappa shape index (κ2) is 3.54. The van der Waals surface area contributed by atoms with E-state index in [1.807, 2.05) is 6.92 Å². The number of carbonyl (C=O) groups excluding carboxylic acids is 1. The Bertz CT molecular complexity index is 233. The van der Waals surface area contributed by atoms with Crippen LogP contribution < -0.4 is 5.73 Å². The fourth-order valence-corrected chi connectivity index (χ4v) is 2.70. The topological polar surface area (TPSA) is 52.3 Å². The smallest absolute Gasteiger partial charge is 0.220 e. The quantitative estimate of drug-likeness (QED) is 0.741. The summed E-state index contributed by atoms with van der Waals surface area (Å²) in [6.07, 6.45) is 4.63. The van der Waals surface area contributed by atoms with Gasteiger partial charge in [-0.3, -0.25) is 4.79 Å². The van der Waals surface area contributed by atoms with Crippen molar-refractivity contribution < 1.29 is 9.53 Å². The van der Waals surface area contributed by atoms with Crippen LogP contribution in [0.5, 0.6) is 0 Å². The third-order valence-corrected chi connectivity index (χ3v) is 3.97. The zero-order chi connectivity index (χ0) is 10.2. The summed E-state index contributed by atoms with van der Waals surface area (Å²) in [4.78, 5) is 10.9. The lowest BCUT2D eigenvalue weighted by atomic mass is 9.90.